The monoisotopic (exact) mass is 366 g/mol. The van der Waals surface area contributed by atoms with Crippen LogP contribution >= 0.6 is 0 Å². The van der Waals surface area contributed by atoms with Crippen molar-refractivity contribution >= 4 is 11.4 Å². The molecule has 0 aliphatic rings. The summed E-state index contributed by atoms with van der Waals surface area (Å²) < 4.78 is 6.08. The number of para-hydroxylation sites is 1. The molecule has 0 aliphatic heterocycles. The summed E-state index contributed by atoms with van der Waals surface area (Å²) in [4.78, 5) is 26.7. The van der Waals surface area contributed by atoms with Gasteiger partial charge in [-0.1, -0.05) is 18.2 Å². The minimum Gasteiger partial charge on any atom is -0.497 e. The van der Waals surface area contributed by atoms with Crippen LogP contribution in [0.4, 0.5) is 5.69 Å². The molecule has 1 heterocycles. The predicted molar refractivity (Wildman–Crippen MR) is 103 cm³/mol. The van der Waals surface area contributed by atoms with E-state index < -0.39 is 17.1 Å². The third-order valence-electron chi connectivity index (χ3n) is 3.90. The fourth-order valence-electron chi connectivity index (χ4n) is 2.54. The number of ether oxygens (including phenoxy) is 1. The molecule has 0 unspecified atom stereocenters. The van der Waals surface area contributed by atoms with Crippen molar-refractivity contribution < 1.29 is 9.84 Å². The standard InChI is InChI=1S/C19H18N4O4/c1-12(21-22-13-6-4-3-5-7-13)16-17(24)20-19(26)23(18(16)25)14-8-10-15(27-2)11-9-14/h3-11,22,25H,1-2H3,(H,20,24,26)/b21-12+. The van der Waals surface area contributed by atoms with Crippen LogP contribution in [0.2, 0.25) is 0 Å². The van der Waals surface area contributed by atoms with Crippen LogP contribution in [0.1, 0.15) is 12.5 Å². The van der Waals surface area contributed by atoms with Crippen LogP contribution in [0.3, 0.4) is 0 Å². The summed E-state index contributed by atoms with van der Waals surface area (Å²) in [5.74, 6) is 0.103. The van der Waals surface area contributed by atoms with Crippen LogP contribution < -0.4 is 21.4 Å². The summed E-state index contributed by atoms with van der Waals surface area (Å²) in [6, 6.07) is 15.6. The molecule has 0 atom stereocenters. The molecule has 1 aromatic heterocycles. The minimum absolute atomic E-state index is 0.103. The van der Waals surface area contributed by atoms with Gasteiger partial charge in [-0.3, -0.25) is 15.2 Å². The lowest BCUT2D eigenvalue weighted by molar-refractivity contribution is 0.414. The van der Waals surface area contributed by atoms with E-state index in [1.807, 2.05) is 18.2 Å². The average molecular weight is 366 g/mol. The Morgan fingerprint density at radius 1 is 1.11 bits per heavy atom. The number of benzene rings is 2. The van der Waals surface area contributed by atoms with E-state index in [1.54, 1.807) is 43.3 Å². The van der Waals surface area contributed by atoms with E-state index in [9.17, 15) is 14.7 Å². The molecular weight excluding hydrogens is 348 g/mol. The first kappa shape index (κ1) is 18.0. The number of methoxy groups -OCH3 is 1. The minimum atomic E-state index is -0.754. The van der Waals surface area contributed by atoms with Gasteiger partial charge in [0.2, 0.25) is 5.88 Å². The number of aromatic nitrogens is 2. The molecule has 138 valence electrons. The van der Waals surface area contributed by atoms with Crippen LogP contribution in [0.5, 0.6) is 11.6 Å². The molecule has 0 fully saturated rings. The van der Waals surface area contributed by atoms with Gasteiger partial charge < -0.3 is 9.84 Å². The molecule has 0 radical (unpaired) electrons. The van der Waals surface area contributed by atoms with Crippen molar-refractivity contribution in [1.29, 1.82) is 0 Å². The molecule has 2 aromatic carbocycles. The molecule has 3 rings (SSSR count). The lowest BCUT2D eigenvalue weighted by atomic mass is 10.2. The van der Waals surface area contributed by atoms with Crippen molar-refractivity contribution in [2.45, 2.75) is 6.92 Å². The van der Waals surface area contributed by atoms with Crippen LogP contribution in [0, 0.1) is 0 Å². The quantitative estimate of drug-likeness (QED) is 0.473. The van der Waals surface area contributed by atoms with Crippen molar-refractivity contribution in [3.63, 3.8) is 0 Å². The fraction of sp³-hybridized carbons (Fsp3) is 0.105. The highest BCUT2D eigenvalue weighted by Gasteiger charge is 2.18. The van der Waals surface area contributed by atoms with Gasteiger partial charge in [0.25, 0.3) is 5.56 Å². The van der Waals surface area contributed by atoms with Gasteiger partial charge in [-0.15, -0.1) is 0 Å². The van der Waals surface area contributed by atoms with Crippen LogP contribution in [-0.4, -0.2) is 27.5 Å². The molecule has 8 nitrogen and oxygen atoms in total. The van der Waals surface area contributed by atoms with E-state index in [1.165, 1.54) is 7.11 Å². The summed E-state index contributed by atoms with van der Waals surface area (Å²) in [5, 5.41) is 14.7. The molecule has 27 heavy (non-hydrogen) atoms. The molecule has 3 aromatic rings. The topological polar surface area (TPSA) is 109 Å². The highest BCUT2D eigenvalue weighted by Crippen LogP contribution is 2.20. The number of nitrogens with one attached hydrogen (secondary N) is 2. The second-order valence-electron chi connectivity index (χ2n) is 5.67. The summed E-state index contributed by atoms with van der Waals surface area (Å²) in [5.41, 5.74) is 2.54. The highest BCUT2D eigenvalue weighted by molar-refractivity contribution is 6.00. The predicted octanol–water partition coefficient (Wildman–Crippen LogP) is 2.08. The summed E-state index contributed by atoms with van der Waals surface area (Å²) >= 11 is 0. The van der Waals surface area contributed by atoms with Gasteiger partial charge in [0.1, 0.15) is 11.3 Å². The van der Waals surface area contributed by atoms with Crippen molar-refractivity contribution in [3.05, 3.63) is 81.0 Å². The summed E-state index contributed by atoms with van der Waals surface area (Å²) in [7, 11) is 1.52. The van der Waals surface area contributed by atoms with Gasteiger partial charge in [0, 0.05) is 0 Å². The number of nitrogens with zero attached hydrogens (tertiary/aromatic N) is 2. The molecule has 3 N–H and O–H groups in total. The zero-order chi connectivity index (χ0) is 19.4. The van der Waals surface area contributed by atoms with Crippen molar-refractivity contribution in [3.8, 4) is 17.3 Å². The number of hydrogen-bond acceptors (Lipinski definition) is 6. The van der Waals surface area contributed by atoms with Gasteiger partial charge in [-0.25, -0.2) is 9.36 Å². The molecule has 0 saturated carbocycles. The maximum absolute atomic E-state index is 12.2. The maximum atomic E-state index is 12.2. The van der Waals surface area contributed by atoms with Crippen LogP contribution in [-0.2, 0) is 0 Å². The normalized spacial score (nSPS) is 11.3. The Labute approximate surface area is 154 Å². The number of hydrazone groups is 1. The first-order chi connectivity index (χ1) is 13.0. The van der Waals surface area contributed by atoms with E-state index in [-0.39, 0.29) is 11.3 Å². The number of rotatable bonds is 5. The molecule has 0 spiro atoms. The van der Waals surface area contributed by atoms with E-state index in [4.69, 9.17) is 4.74 Å². The summed E-state index contributed by atoms with van der Waals surface area (Å²) in [6.07, 6.45) is 0. The first-order valence-corrected chi connectivity index (χ1v) is 8.09. The van der Waals surface area contributed by atoms with E-state index in [0.29, 0.717) is 11.4 Å². The lowest BCUT2D eigenvalue weighted by Crippen LogP contribution is -2.32. The van der Waals surface area contributed by atoms with E-state index >= 15 is 0 Å². The SMILES string of the molecule is COc1ccc(-n2c(O)c(/C(C)=N/Nc3ccccc3)c(=O)[nH]c2=O)cc1. The maximum Gasteiger partial charge on any atom is 0.335 e. The fourth-order valence-corrected chi connectivity index (χ4v) is 2.54. The van der Waals surface area contributed by atoms with Gasteiger partial charge in [0.15, 0.2) is 0 Å². The summed E-state index contributed by atoms with van der Waals surface area (Å²) in [6.45, 7) is 1.56. The average Bonchev–Trinajstić information content (AvgIpc) is 2.67. The number of H-pyrrole nitrogens is 1. The Bertz CT molecular complexity index is 1080. The Morgan fingerprint density at radius 2 is 1.78 bits per heavy atom. The van der Waals surface area contributed by atoms with Gasteiger partial charge in [-0.05, 0) is 43.3 Å². The molecule has 0 bridgehead atoms. The van der Waals surface area contributed by atoms with Crippen LogP contribution in [0.15, 0.2) is 69.3 Å². The Hall–Kier alpha value is -3.81. The zero-order valence-electron chi connectivity index (χ0n) is 14.8. The van der Waals surface area contributed by atoms with Gasteiger partial charge in [0.05, 0.1) is 24.2 Å². The smallest absolute Gasteiger partial charge is 0.335 e. The number of aromatic amines is 1. The Morgan fingerprint density at radius 3 is 2.41 bits per heavy atom. The third-order valence-corrected chi connectivity index (χ3v) is 3.90. The number of hydrogen-bond donors (Lipinski definition) is 3. The third kappa shape index (κ3) is 3.74. The lowest BCUT2D eigenvalue weighted by Gasteiger charge is -2.12. The largest absolute Gasteiger partial charge is 0.497 e. The van der Waals surface area contributed by atoms with Gasteiger partial charge >= 0.3 is 5.69 Å². The highest BCUT2D eigenvalue weighted by atomic mass is 16.5. The van der Waals surface area contributed by atoms with Crippen LogP contribution in [0.25, 0.3) is 5.69 Å². The molecule has 0 aliphatic carbocycles. The zero-order valence-corrected chi connectivity index (χ0v) is 14.8. The number of aromatic hydroxyl groups is 1. The van der Waals surface area contributed by atoms with Gasteiger partial charge in [-0.2, -0.15) is 5.10 Å². The second kappa shape index (κ2) is 7.61. The molecular formula is C19H18N4O4. The Balaban J connectivity index is 2.05. The second-order valence-corrected chi connectivity index (χ2v) is 5.67. The number of anilines is 1. The van der Waals surface area contributed by atoms with Crippen molar-refractivity contribution in [1.82, 2.24) is 9.55 Å². The molecule has 0 amide bonds. The Kier molecular flexibility index (Phi) is 5.07. The van der Waals surface area contributed by atoms with Crippen molar-refractivity contribution in [2.75, 3.05) is 12.5 Å². The molecule has 0 saturated heterocycles. The van der Waals surface area contributed by atoms with Crippen molar-refractivity contribution in [2.24, 2.45) is 5.10 Å². The molecule has 8 heteroatoms. The first-order valence-electron chi connectivity index (χ1n) is 8.09. The van der Waals surface area contributed by atoms with E-state index in [0.717, 1.165) is 10.3 Å². The van der Waals surface area contributed by atoms with E-state index in [2.05, 4.69) is 15.5 Å².